The lowest BCUT2D eigenvalue weighted by Crippen LogP contribution is -2.36. The van der Waals surface area contributed by atoms with Gasteiger partial charge in [0.25, 0.3) is 5.91 Å². The molecule has 2 aromatic heterocycles. The highest BCUT2D eigenvalue weighted by atomic mass is 19.1. The maximum Gasteiger partial charge on any atom is 0.254 e. The number of pyridine rings is 1. The van der Waals surface area contributed by atoms with Crippen molar-refractivity contribution < 1.29 is 18.5 Å². The number of nitrogens with zero attached hydrogens (tertiary/aromatic N) is 3. The van der Waals surface area contributed by atoms with E-state index in [4.69, 9.17) is 4.52 Å². The summed E-state index contributed by atoms with van der Waals surface area (Å²) in [6.45, 7) is 2.21. The zero-order valence-electron chi connectivity index (χ0n) is 15.1. The maximum atomic E-state index is 13.2. The molecule has 1 aliphatic rings. The Morgan fingerprint density at radius 2 is 2.00 bits per heavy atom. The van der Waals surface area contributed by atoms with Crippen LogP contribution < -0.4 is 5.32 Å². The third kappa shape index (κ3) is 3.48. The van der Waals surface area contributed by atoms with Gasteiger partial charge in [-0.3, -0.25) is 9.59 Å². The zero-order chi connectivity index (χ0) is 19.7. The molecule has 3 heterocycles. The quantitative estimate of drug-likeness (QED) is 0.755. The van der Waals surface area contributed by atoms with E-state index in [1.807, 2.05) is 0 Å². The largest absolute Gasteiger partial charge is 0.356 e. The smallest absolute Gasteiger partial charge is 0.254 e. The molecule has 0 bridgehead atoms. The van der Waals surface area contributed by atoms with Gasteiger partial charge in [0.2, 0.25) is 5.91 Å². The molecule has 1 aromatic carbocycles. The number of hydrogen-bond donors (Lipinski definition) is 1. The normalized spacial score (nSPS) is 13.1. The molecule has 1 N–H and O–H groups in total. The number of fused-ring (bicyclic) bond motifs is 1. The SMILES string of the molecule is CC(=O)Nc1cc(C(=O)N2CCc3noc(-c4ccc(F)cc4)c3C2)ccn1. The fraction of sp³-hybridized carbons (Fsp3) is 0.200. The standard InChI is InChI=1S/C20H17FN4O3/c1-12(26)23-18-10-14(6-8-22-18)20(27)25-9-7-17-16(11-25)19(28-24-17)13-2-4-15(21)5-3-13/h2-6,8,10H,7,9,11H2,1H3,(H,22,23,26). The Balaban J connectivity index is 1.58. The monoisotopic (exact) mass is 380 g/mol. The summed E-state index contributed by atoms with van der Waals surface area (Å²) in [7, 11) is 0. The molecule has 2 amide bonds. The van der Waals surface area contributed by atoms with Gasteiger partial charge in [-0.05, 0) is 36.4 Å². The number of nitrogens with one attached hydrogen (secondary N) is 1. The Kier molecular flexibility index (Phi) is 4.60. The topological polar surface area (TPSA) is 88.3 Å². The first kappa shape index (κ1) is 17.8. The van der Waals surface area contributed by atoms with Gasteiger partial charge >= 0.3 is 0 Å². The van der Waals surface area contributed by atoms with E-state index in [0.29, 0.717) is 42.2 Å². The van der Waals surface area contributed by atoms with Gasteiger partial charge < -0.3 is 14.7 Å². The van der Waals surface area contributed by atoms with Crippen LogP contribution in [0.4, 0.5) is 10.2 Å². The van der Waals surface area contributed by atoms with Gasteiger partial charge in [0.05, 0.1) is 12.2 Å². The molecule has 0 saturated carbocycles. The lowest BCUT2D eigenvalue weighted by Gasteiger charge is -2.26. The van der Waals surface area contributed by atoms with Crippen molar-refractivity contribution in [2.45, 2.75) is 19.9 Å². The van der Waals surface area contributed by atoms with E-state index in [1.165, 1.54) is 25.3 Å². The number of rotatable bonds is 3. The van der Waals surface area contributed by atoms with Crippen molar-refractivity contribution in [2.24, 2.45) is 0 Å². The lowest BCUT2D eigenvalue weighted by atomic mass is 10.0. The second-order valence-corrected chi connectivity index (χ2v) is 6.53. The molecule has 3 aromatic rings. The molecule has 1 aliphatic heterocycles. The number of aromatic nitrogens is 2. The number of carbonyl (C=O) groups is 2. The van der Waals surface area contributed by atoms with Gasteiger partial charge in [-0.2, -0.15) is 0 Å². The van der Waals surface area contributed by atoms with Gasteiger partial charge in [0, 0.05) is 42.8 Å². The number of amides is 2. The fourth-order valence-corrected chi connectivity index (χ4v) is 3.21. The van der Waals surface area contributed by atoms with E-state index in [-0.39, 0.29) is 17.6 Å². The molecule has 0 fully saturated rings. The van der Waals surface area contributed by atoms with Gasteiger partial charge in [-0.1, -0.05) is 5.16 Å². The van der Waals surface area contributed by atoms with Crippen LogP contribution in [0.3, 0.4) is 0 Å². The van der Waals surface area contributed by atoms with Crippen LogP contribution in [-0.4, -0.2) is 33.4 Å². The summed E-state index contributed by atoms with van der Waals surface area (Å²) >= 11 is 0. The lowest BCUT2D eigenvalue weighted by molar-refractivity contribution is -0.114. The summed E-state index contributed by atoms with van der Waals surface area (Å²) in [5, 5.41) is 6.68. The van der Waals surface area contributed by atoms with Crippen LogP contribution in [0.5, 0.6) is 0 Å². The molecule has 28 heavy (non-hydrogen) atoms. The van der Waals surface area contributed by atoms with Gasteiger partial charge in [-0.15, -0.1) is 0 Å². The summed E-state index contributed by atoms with van der Waals surface area (Å²) in [4.78, 5) is 29.9. The summed E-state index contributed by atoms with van der Waals surface area (Å²) in [6.07, 6.45) is 2.05. The average Bonchev–Trinajstić information content (AvgIpc) is 3.11. The summed E-state index contributed by atoms with van der Waals surface area (Å²) in [6, 6.07) is 9.12. The van der Waals surface area contributed by atoms with E-state index in [2.05, 4.69) is 15.5 Å². The molecule has 0 spiro atoms. The predicted molar refractivity (Wildman–Crippen MR) is 98.9 cm³/mol. The van der Waals surface area contributed by atoms with Crippen LogP contribution in [0.2, 0.25) is 0 Å². The Bertz CT molecular complexity index is 1050. The van der Waals surface area contributed by atoms with Gasteiger partial charge in [-0.25, -0.2) is 9.37 Å². The van der Waals surface area contributed by atoms with Gasteiger partial charge in [0.15, 0.2) is 5.76 Å². The number of carbonyl (C=O) groups excluding carboxylic acids is 2. The third-order valence-electron chi connectivity index (χ3n) is 4.54. The minimum absolute atomic E-state index is 0.175. The predicted octanol–water partition coefficient (Wildman–Crippen LogP) is 3.03. The van der Waals surface area contributed by atoms with Crippen molar-refractivity contribution in [3.05, 3.63) is 65.2 Å². The van der Waals surface area contributed by atoms with Crippen molar-refractivity contribution in [1.82, 2.24) is 15.0 Å². The van der Waals surface area contributed by atoms with Crippen molar-refractivity contribution in [1.29, 1.82) is 0 Å². The minimum atomic E-state index is -0.332. The summed E-state index contributed by atoms with van der Waals surface area (Å²) in [5.41, 5.74) is 2.77. The molecule has 0 atom stereocenters. The zero-order valence-corrected chi connectivity index (χ0v) is 15.1. The molecule has 7 nitrogen and oxygen atoms in total. The maximum absolute atomic E-state index is 13.2. The van der Waals surface area contributed by atoms with Crippen molar-refractivity contribution in [3.63, 3.8) is 0 Å². The second kappa shape index (κ2) is 7.22. The Morgan fingerprint density at radius 3 is 2.75 bits per heavy atom. The molecule has 0 saturated heterocycles. The number of halogens is 1. The van der Waals surface area contributed by atoms with E-state index in [9.17, 15) is 14.0 Å². The van der Waals surface area contributed by atoms with Crippen LogP contribution in [0.1, 0.15) is 28.5 Å². The first-order chi connectivity index (χ1) is 13.5. The molecule has 4 rings (SSSR count). The Morgan fingerprint density at radius 1 is 1.21 bits per heavy atom. The molecular formula is C20H17FN4O3. The highest BCUT2D eigenvalue weighted by Crippen LogP contribution is 2.31. The van der Waals surface area contributed by atoms with Crippen molar-refractivity contribution in [2.75, 3.05) is 11.9 Å². The number of hydrogen-bond acceptors (Lipinski definition) is 5. The van der Waals surface area contributed by atoms with E-state index >= 15 is 0 Å². The molecule has 0 unspecified atom stereocenters. The van der Waals surface area contributed by atoms with E-state index in [0.717, 1.165) is 11.3 Å². The van der Waals surface area contributed by atoms with Crippen molar-refractivity contribution in [3.8, 4) is 11.3 Å². The third-order valence-corrected chi connectivity index (χ3v) is 4.54. The number of anilines is 1. The summed E-state index contributed by atoms with van der Waals surface area (Å²) < 4.78 is 18.7. The Labute approximate surface area is 160 Å². The molecular weight excluding hydrogens is 363 g/mol. The minimum Gasteiger partial charge on any atom is -0.356 e. The first-order valence-electron chi connectivity index (χ1n) is 8.77. The van der Waals surface area contributed by atoms with Crippen LogP contribution in [0.25, 0.3) is 11.3 Å². The molecule has 8 heteroatoms. The highest BCUT2D eigenvalue weighted by molar-refractivity contribution is 5.96. The van der Waals surface area contributed by atoms with E-state index in [1.54, 1.807) is 29.2 Å². The number of benzene rings is 1. The molecule has 0 radical (unpaired) electrons. The fourth-order valence-electron chi connectivity index (χ4n) is 3.21. The van der Waals surface area contributed by atoms with Crippen LogP contribution in [0.15, 0.2) is 47.1 Å². The summed E-state index contributed by atoms with van der Waals surface area (Å²) in [5.74, 6) is 0.106. The van der Waals surface area contributed by atoms with Crippen LogP contribution in [-0.2, 0) is 17.8 Å². The van der Waals surface area contributed by atoms with Gasteiger partial charge in [0.1, 0.15) is 11.6 Å². The van der Waals surface area contributed by atoms with Crippen LogP contribution in [0, 0.1) is 5.82 Å². The van der Waals surface area contributed by atoms with E-state index < -0.39 is 0 Å². The van der Waals surface area contributed by atoms with Crippen molar-refractivity contribution >= 4 is 17.6 Å². The second-order valence-electron chi connectivity index (χ2n) is 6.53. The first-order valence-corrected chi connectivity index (χ1v) is 8.77. The van der Waals surface area contributed by atoms with Crippen LogP contribution >= 0.6 is 0 Å². The Hall–Kier alpha value is -3.55. The molecule has 142 valence electrons. The highest BCUT2D eigenvalue weighted by Gasteiger charge is 2.28. The molecule has 0 aliphatic carbocycles. The average molecular weight is 380 g/mol.